The molecule has 15 nitrogen and oxygen atoms in total. The standard InChI is InChI=1S/C18H30N6O9/c1-3-7(2)14(17(31)23-10(18(32)33)6-12(21)26)24-16(30)9(5-11(20)25)22-15(29)8(19)4-13(27)28/h7-10,14H,3-6,19H2,1-2H3,(H2,20,25)(H2,21,26)(H,22,29)(H,23,31)(H,24,30)(H,27,28)(H,32,33). The number of primary amides is 2. The molecule has 0 aliphatic heterocycles. The molecule has 0 heterocycles. The number of carboxylic acid groups (broad SMARTS) is 2. The lowest BCUT2D eigenvalue weighted by atomic mass is 9.97. The van der Waals surface area contributed by atoms with E-state index in [0.29, 0.717) is 6.42 Å². The first-order chi connectivity index (χ1) is 15.2. The average molecular weight is 474 g/mol. The molecule has 0 aliphatic carbocycles. The number of nitrogens with two attached hydrogens (primary N) is 3. The molecule has 5 atom stereocenters. The van der Waals surface area contributed by atoms with Gasteiger partial charge in [0.2, 0.25) is 29.5 Å². The molecule has 33 heavy (non-hydrogen) atoms. The summed E-state index contributed by atoms with van der Waals surface area (Å²) in [5.41, 5.74) is 15.5. The molecule has 0 saturated carbocycles. The summed E-state index contributed by atoms with van der Waals surface area (Å²) in [6.07, 6.45) is -1.77. The molecule has 5 unspecified atom stereocenters. The van der Waals surface area contributed by atoms with Crippen molar-refractivity contribution in [3.05, 3.63) is 0 Å². The molecule has 0 fully saturated rings. The van der Waals surface area contributed by atoms with Gasteiger partial charge in [0.1, 0.15) is 18.1 Å². The number of hydrogen-bond acceptors (Lipinski definition) is 8. The highest BCUT2D eigenvalue weighted by Crippen LogP contribution is 2.10. The zero-order chi connectivity index (χ0) is 25.9. The van der Waals surface area contributed by atoms with Crippen LogP contribution in [0, 0.1) is 5.92 Å². The topological polar surface area (TPSA) is 274 Å². The van der Waals surface area contributed by atoms with Gasteiger partial charge in [0.15, 0.2) is 0 Å². The van der Waals surface area contributed by atoms with Gasteiger partial charge in [-0.15, -0.1) is 0 Å². The maximum absolute atomic E-state index is 12.7. The van der Waals surface area contributed by atoms with Gasteiger partial charge >= 0.3 is 11.9 Å². The van der Waals surface area contributed by atoms with Crippen LogP contribution in [-0.2, 0) is 33.6 Å². The van der Waals surface area contributed by atoms with Gasteiger partial charge in [-0.1, -0.05) is 20.3 Å². The first-order valence-electron chi connectivity index (χ1n) is 9.87. The van der Waals surface area contributed by atoms with Crippen molar-refractivity contribution in [2.24, 2.45) is 23.1 Å². The second-order valence-corrected chi connectivity index (χ2v) is 7.38. The smallest absolute Gasteiger partial charge is 0.326 e. The molecule has 0 aliphatic rings. The first-order valence-corrected chi connectivity index (χ1v) is 9.87. The lowest BCUT2D eigenvalue weighted by molar-refractivity contribution is -0.144. The maximum atomic E-state index is 12.7. The van der Waals surface area contributed by atoms with Crippen molar-refractivity contribution < 1.29 is 43.8 Å². The van der Waals surface area contributed by atoms with E-state index >= 15 is 0 Å². The van der Waals surface area contributed by atoms with Crippen molar-refractivity contribution in [1.82, 2.24) is 16.0 Å². The largest absolute Gasteiger partial charge is 0.481 e. The predicted molar refractivity (Wildman–Crippen MR) is 111 cm³/mol. The van der Waals surface area contributed by atoms with Crippen LogP contribution in [0.2, 0.25) is 0 Å². The maximum Gasteiger partial charge on any atom is 0.326 e. The fourth-order valence-electron chi connectivity index (χ4n) is 2.59. The van der Waals surface area contributed by atoms with Crippen LogP contribution in [0.15, 0.2) is 0 Å². The number of hydrogen-bond donors (Lipinski definition) is 8. The Morgan fingerprint density at radius 1 is 0.758 bits per heavy atom. The minimum atomic E-state index is -1.64. The first kappa shape index (κ1) is 29.2. The molecule has 186 valence electrons. The third kappa shape index (κ3) is 10.9. The van der Waals surface area contributed by atoms with E-state index in [1.165, 1.54) is 0 Å². The van der Waals surface area contributed by atoms with Crippen LogP contribution >= 0.6 is 0 Å². The molecular weight excluding hydrogens is 444 g/mol. The fourth-order valence-corrected chi connectivity index (χ4v) is 2.59. The molecule has 0 aromatic carbocycles. The zero-order valence-electron chi connectivity index (χ0n) is 18.2. The van der Waals surface area contributed by atoms with Gasteiger partial charge in [-0.2, -0.15) is 0 Å². The number of nitrogens with one attached hydrogen (secondary N) is 3. The normalized spacial score (nSPS) is 15.1. The lowest BCUT2D eigenvalue weighted by Gasteiger charge is -2.27. The summed E-state index contributed by atoms with van der Waals surface area (Å²) < 4.78 is 0. The summed E-state index contributed by atoms with van der Waals surface area (Å²) in [7, 11) is 0. The van der Waals surface area contributed by atoms with E-state index < -0.39 is 90.8 Å². The van der Waals surface area contributed by atoms with Crippen molar-refractivity contribution in [2.75, 3.05) is 0 Å². The monoisotopic (exact) mass is 474 g/mol. The third-order valence-corrected chi connectivity index (χ3v) is 4.58. The van der Waals surface area contributed by atoms with Crippen molar-refractivity contribution in [3.8, 4) is 0 Å². The van der Waals surface area contributed by atoms with Crippen LogP contribution in [0.25, 0.3) is 0 Å². The Bertz CT molecular complexity index is 787. The highest BCUT2D eigenvalue weighted by molar-refractivity contribution is 5.97. The highest BCUT2D eigenvalue weighted by atomic mass is 16.4. The van der Waals surface area contributed by atoms with Crippen molar-refractivity contribution in [3.63, 3.8) is 0 Å². The summed E-state index contributed by atoms with van der Waals surface area (Å²) in [6.45, 7) is 3.25. The Morgan fingerprint density at radius 3 is 1.67 bits per heavy atom. The predicted octanol–water partition coefficient (Wildman–Crippen LogP) is -3.88. The zero-order valence-corrected chi connectivity index (χ0v) is 18.2. The highest BCUT2D eigenvalue weighted by Gasteiger charge is 2.33. The van der Waals surface area contributed by atoms with E-state index in [1.54, 1.807) is 13.8 Å². The summed E-state index contributed by atoms with van der Waals surface area (Å²) >= 11 is 0. The van der Waals surface area contributed by atoms with Gasteiger partial charge in [-0.25, -0.2) is 4.79 Å². The molecule has 0 bridgehead atoms. The molecular formula is C18H30N6O9. The van der Waals surface area contributed by atoms with Gasteiger partial charge in [0.25, 0.3) is 0 Å². The Morgan fingerprint density at radius 2 is 1.24 bits per heavy atom. The number of carbonyl (C=O) groups is 7. The molecule has 15 heteroatoms. The SMILES string of the molecule is CCC(C)C(NC(=O)C(CC(N)=O)NC(=O)C(N)CC(=O)O)C(=O)NC(CC(N)=O)C(=O)O. The van der Waals surface area contributed by atoms with Crippen molar-refractivity contribution >= 4 is 41.5 Å². The van der Waals surface area contributed by atoms with Crippen LogP contribution in [0.1, 0.15) is 39.5 Å². The molecule has 0 aromatic heterocycles. The lowest BCUT2D eigenvalue weighted by Crippen LogP contribution is -2.59. The van der Waals surface area contributed by atoms with E-state index in [0.717, 1.165) is 0 Å². The fraction of sp³-hybridized carbons (Fsp3) is 0.611. The summed E-state index contributed by atoms with van der Waals surface area (Å²) in [4.78, 5) is 81.9. The molecule has 0 saturated heterocycles. The van der Waals surface area contributed by atoms with Crippen molar-refractivity contribution in [1.29, 1.82) is 0 Å². The van der Waals surface area contributed by atoms with Crippen LogP contribution in [0.5, 0.6) is 0 Å². The van der Waals surface area contributed by atoms with Gasteiger partial charge < -0.3 is 43.4 Å². The van der Waals surface area contributed by atoms with Gasteiger partial charge in [-0.3, -0.25) is 28.8 Å². The molecule has 11 N–H and O–H groups in total. The van der Waals surface area contributed by atoms with Crippen LogP contribution in [0.4, 0.5) is 0 Å². The third-order valence-electron chi connectivity index (χ3n) is 4.58. The molecule has 5 amide bonds. The number of carboxylic acids is 2. The number of carbonyl (C=O) groups excluding carboxylic acids is 5. The van der Waals surface area contributed by atoms with Crippen LogP contribution in [0.3, 0.4) is 0 Å². The van der Waals surface area contributed by atoms with Gasteiger partial charge in [0.05, 0.1) is 25.3 Å². The Kier molecular flexibility index (Phi) is 12.1. The van der Waals surface area contributed by atoms with E-state index in [2.05, 4.69) is 16.0 Å². The van der Waals surface area contributed by atoms with E-state index in [9.17, 15) is 33.6 Å². The van der Waals surface area contributed by atoms with E-state index in [1.807, 2.05) is 0 Å². The van der Waals surface area contributed by atoms with Gasteiger partial charge in [0, 0.05) is 0 Å². The second kappa shape index (κ2) is 13.6. The second-order valence-electron chi connectivity index (χ2n) is 7.38. The molecule has 0 aromatic rings. The minimum Gasteiger partial charge on any atom is -0.481 e. The van der Waals surface area contributed by atoms with Crippen molar-refractivity contribution in [2.45, 2.75) is 63.7 Å². The molecule has 0 rings (SSSR count). The average Bonchev–Trinajstić information content (AvgIpc) is 2.68. The number of amides is 5. The van der Waals surface area contributed by atoms with E-state index in [4.69, 9.17) is 27.4 Å². The summed E-state index contributed by atoms with van der Waals surface area (Å²) in [5.74, 6) is -8.42. The summed E-state index contributed by atoms with van der Waals surface area (Å²) in [6, 6.07) is -6.08. The molecule has 0 spiro atoms. The van der Waals surface area contributed by atoms with E-state index in [-0.39, 0.29) is 0 Å². The Balaban J connectivity index is 5.61. The number of aliphatic carboxylic acids is 2. The Hall–Kier alpha value is -3.75. The Labute approximate surface area is 188 Å². The quantitative estimate of drug-likeness (QED) is 0.114. The number of rotatable bonds is 15. The van der Waals surface area contributed by atoms with Crippen LogP contribution in [-0.4, -0.2) is 75.9 Å². The molecule has 0 radical (unpaired) electrons. The van der Waals surface area contributed by atoms with Gasteiger partial charge in [-0.05, 0) is 5.92 Å². The summed E-state index contributed by atoms with van der Waals surface area (Å²) in [5, 5.41) is 24.4. The minimum absolute atomic E-state index is 0.349. The van der Waals surface area contributed by atoms with Crippen LogP contribution < -0.4 is 33.2 Å².